The van der Waals surface area contributed by atoms with E-state index in [1.165, 1.54) is 23.4 Å². The summed E-state index contributed by atoms with van der Waals surface area (Å²) in [5, 5.41) is 0. The summed E-state index contributed by atoms with van der Waals surface area (Å²) in [4.78, 5) is 11.5. The molecule has 1 aliphatic carbocycles. The maximum Gasteiger partial charge on any atom is 0.243 e. The molecule has 0 unspecified atom stereocenters. The van der Waals surface area contributed by atoms with Crippen molar-refractivity contribution in [1.82, 2.24) is 4.31 Å². The van der Waals surface area contributed by atoms with Crippen LogP contribution in [-0.4, -0.2) is 31.1 Å². The second-order valence-corrected chi connectivity index (χ2v) is 7.27. The molecule has 0 bridgehead atoms. The van der Waals surface area contributed by atoms with Gasteiger partial charge in [-0.1, -0.05) is 31.1 Å². The topological polar surface area (TPSA) is 54.5 Å². The minimum absolute atomic E-state index is 0.0560. The number of Topliss-reactive ketones (excluding diaryl/α,β-unsaturated/α-hetero) is 1. The minimum atomic E-state index is -3.54. The van der Waals surface area contributed by atoms with Crippen LogP contribution in [0.2, 0.25) is 0 Å². The largest absolute Gasteiger partial charge is 0.295 e. The van der Waals surface area contributed by atoms with E-state index in [-0.39, 0.29) is 16.7 Å². The second kappa shape index (κ2) is 6.54. The van der Waals surface area contributed by atoms with Gasteiger partial charge in [0.1, 0.15) is 0 Å². The molecule has 4 nitrogen and oxygen atoms in total. The average Bonchev–Trinajstić information content (AvgIpc) is 2.98. The molecular weight excluding hydrogens is 286 g/mol. The first-order chi connectivity index (χ1) is 9.96. The Morgan fingerprint density at radius 1 is 1.29 bits per heavy atom. The highest BCUT2D eigenvalue weighted by Crippen LogP contribution is 2.28. The van der Waals surface area contributed by atoms with Gasteiger partial charge in [-0.2, -0.15) is 4.31 Å². The fourth-order valence-corrected chi connectivity index (χ4v) is 4.42. The Morgan fingerprint density at radius 3 is 2.33 bits per heavy atom. The normalized spacial score (nSPS) is 16.3. The third-order valence-corrected chi connectivity index (χ3v) is 5.84. The van der Waals surface area contributed by atoms with Crippen molar-refractivity contribution in [1.29, 1.82) is 0 Å². The average molecular weight is 307 g/mol. The maximum absolute atomic E-state index is 12.8. The molecule has 0 radical (unpaired) electrons. The van der Waals surface area contributed by atoms with Gasteiger partial charge in [0.25, 0.3) is 0 Å². The lowest BCUT2D eigenvalue weighted by Gasteiger charge is -2.27. The predicted molar refractivity (Wildman–Crippen MR) is 82.8 cm³/mol. The summed E-state index contributed by atoms with van der Waals surface area (Å²) < 4.78 is 27.1. The van der Waals surface area contributed by atoms with E-state index in [0.29, 0.717) is 12.1 Å². The number of carbonyl (C=O) groups is 1. The zero-order chi connectivity index (χ0) is 15.5. The molecule has 0 aliphatic heterocycles. The number of rotatable bonds is 6. The lowest BCUT2D eigenvalue weighted by molar-refractivity contribution is 0.101. The number of benzene rings is 1. The van der Waals surface area contributed by atoms with Crippen LogP contribution in [0.4, 0.5) is 0 Å². The van der Waals surface area contributed by atoms with Crippen molar-refractivity contribution in [3.63, 3.8) is 0 Å². The van der Waals surface area contributed by atoms with Gasteiger partial charge < -0.3 is 0 Å². The summed E-state index contributed by atoms with van der Waals surface area (Å²) in [5.74, 6) is -0.0716. The van der Waals surface area contributed by atoms with Crippen LogP contribution >= 0.6 is 0 Å². The third-order valence-electron chi connectivity index (χ3n) is 3.91. The molecule has 0 aromatic heterocycles. The highest BCUT2D eigenvalue weighted by Gasteiger charge is 2.32. The highest BCUT2D eigenvalue weighted by atomic mass is 32.2. The summed E-state index contributed by atoms with van der Waals surface area (Å²) >= 11 is 0. The summed E-state index contributed by atoms with van der Waals surface area (Å²) in [6.45, 7) is 5.45. The monoisotopic (exact) mass is 307 g/mol. The number of nitrogens with zero attached hydrogens (tertiary/aromatic N) is 1. The lowest BCUT2D eigenvalue weighted by atomic mass is 10.2. The van der Waals surface area contributed by atoms with Crippen molar-refractivity contribution in [3.05, 3.63) is 42.5 Å². The predicted octanol–water partition coefficient (Wildman–Crippen LogP) is 3.01. The maximum atomic E-state index is 12.8. The molecule has 2 rings (SSSR count). The number of ketones is 1. The fraction of sp³-hybridized carbons (Fsp3) is 0.438. The van der Waals surface area contributed by atoms with Gasteiger partial charge in [0.05, 0.1) is 4.90 Å². The zero-order valence-electron chi connectivity index (χ0n) is 12.3. The molecule has 0 saturated heterocycles. The standard InChI is InChI=1S/C16H21NO3S/c1-3-12-17(15-6-4-5-7-15)21(19,20)16-10-8-14(9-11-16)13(2)18/h3,8-11,15H,1,4-7,12H2,2H3. The van der Waals surface area contributed by atoms with Gasteiger partial charge >= 0.3 is 0 Å². The van der Waals surface area contributed by atoms with Crippen molar-refractivity contribution >= 4 is 15.8 Å². The molecule has 1 aromatic carbocycles. The van der Waals surface area contributed by atoms with E-state index in [2.05, 4.69) is 6.58 Å². The highest BCUT2D eigenvalue weighted by molar-refractivity contribution is 7.89. The molecule has 114 valence electrons. The molecule has 21 heavy (non-hydrogen) atoms. The van der Waals surface area contributed by atoms with E-state index in [4.69, 9.17) is 0 Å². The Kier molecular flexibility index (Phi) is 4.96. The van der Waals surface area contributed by atoms with Crippen LogP contribution in [0.25, 0.3) is 0 Å². The van der Waals surface area contributed by atoms with Crippen molar-refractivity contribution in [2.24, 2.45) is 0 Å². The van der Waals surface area contributed by atoms with Gasteiger partial charge in [-0.05, 0) is 31.9 Å². The van der Waals surface area contributed by atoms with E-state index < -0.39 is 10.0 Å². The molecule has 0 spiro atoms. The van der Waals surface area contributed by atoms with E-state index in [0.717, 1.165) is 25.7 Å². The lowest BCUT2D eigenvalue weighted by Crippen LogP contribution is -2.38. The Labute approximate surface area is 126 Å². The molecule has 1 saturated carbocycles. The first-order valence-corrected chi connectivity index (χ1v) is 8.64. The molecule has 1 fully saturated rings. The van der Waals surface area contributed by atoms with Crippen molar-refractivity contribution in [3.8, 4) is 0 Å². The Hall–Kier alpha value is -1.46. The van der Waals surface area contributed by atoms with Crippen LogP contribution in [0.1, 0.15) is 43.0 Å². The van der Waals surface area contributed by atoms with Crippen LogP contribution in [0.5, 0.6) is 0 Å². The van der Waals surface area contributed by atoms with Gasteiger partial charge in [-0.25, -0.2) is 8.42 Å². The van der Waals surface area contributed by atoms with Crippen molar-refractivity contribution in [2.45, 2.75) is 43.5 Å². The second-order valence-electron chi connectivity index (χ2n) is 5.38. The van der Waals surface area contributed by atoms with Crippen LogP contribution in [-0.2, 0) is 10.0 Å². The van der Waals surface area contributed by atoms with Gasteiger partial charge in [0, 0.05) is 18.2 Å². The Bertz CT molecular complexity index is 613. The molecule has 0 amide bonds. The summed E-state index contributed by atoms with van der Waals surface area (Å²) in [5.41, 5.74) is 0.519. The molecule has 0 heterocycles. The molecular formula is C16H21NO3S. The summed E-state index contributed by atoms with van der Waals surface area (Å²) in [6, 6.07) is 6.21. The van der Waals surface area contributed by atoms with Gasteiger partial charge in [-0.3, -0.25) is 4.79 Å². The summed E-state index contributed by atoms with van der Waals surface area (Å²) in [6.07, 6.45) is 5.56. The van der Waals surface area contributed by atoms with E-state index in [1.807, 2.05) is 0 Å². The van der Waals surface area contributed by atoms with Crippen LogP contribution in [0.15, 0.2) is 41.8 Å². The van der Waals surface area contributed by atoms with Crippen LogP contribution in [0, 0.1) is 0 Å². The Morgan fingerprint density at radius 2 is 1.86 bits per heavy atom. The Balaban J connectivity index is 2.32. The minimum Gasteiger partial charge on any atom is -0.295 e. The van der Waals surface area contributed by atoms with E-state index in [1.54, 1.807) is 18.2 Å². The molecule has 0 atom stereocenters. The summed E-state index contributed by atoms with van der Waals surface area (Å²) in [7, 11) is -3.54. The smallest absolute Gasteiger partial charge is 0.243 e. The van der Waals surface area contributed by atoms with Crippen molar-refractivity contribution < 1.29 is 13.2 Å². The van der Waals surface area contributed by atoms with E-state index in [9.17, 15) is 13.2 Å². The first-order valence-electron chi connectivity index (χ1n) is 7.20. The van der Waals surface area contributed by atoms with E-state index >= 15 is 0 Å². The number of sulfonamides is 1. The van der Waals surface area contributed by atoms with Crippen molar-refractivity contribution in [2.75, 3.05) is 6.54 Å². The molecule has 1 aromatic rings. The number of carbonyl (C=O) groups excluding carboxylic acids is 1. The quantitative estimate of drug-likeness (QED) is 0.599. The molecule has 5 heteroatoms. The van der Waals surface area contributed by atoms with Crippen LogP contribution in [0.3, 0.4) is 0 Å². The molecule has 0 N–H and O–H groups in total. The van der Waals surface area contributed by atoms with Gasteiger partial charge in [0.2, 0.25) is 10.0 Å². The van der Waals surface area contributed by atoms with Crippen LogP contribution < -0.4 is 0 Å². The zero-order valence-corrected chi connectivity index (χ0v) is 13.1. The fourth-order valence-electron chi connectivity index (χ4n) is 2.76. The number of hydrogen-bond acceptors (Lipinski definition) is 3. The first kappa shape index (κ1) is 15.9. The molecule has 1 aliphatic rings. The van der Waals surface area contributed by atoms with Gasteiger partial charge in [-0.15, -0.1) is 6.58 Å². The van der Waals surface area contributed by atoms with Gasteiger partial charge in [0.15, 0.2) is 5.78 Å². The SMILES string of the molecule is C=CCN(C1CCCC1)S(=O)(=O)c1ccc(C(C)=O)cc1. The number of hydrogen-bond donors (Lipinski definition) is 0. The third kappa shape index (κ3) is 3.41.